The Bertz CT molecular complexity index is 1320. The number of nitrogens with zero attached hydrogens (tertiary/aromatic N) is 3. The third kappa shape index (κ3) is 5.33. The van der Waals surface area contributed by atoms with Crippen LogP contribution in [0.1, 0.15) is 44.8 Å². The molecule has 1 unspecified atom stereocenters. The number of aromatic nitrogens is 1. The van der Waals surface area contributed by atoms with Crippen LogP contribution in [0.25, 0.3) is 0 Å². The van der Waals surface area contributed by atoms with Gasteiger partial charge in [-0.05, 0) is 56.2 Å². The molecule has 0 spiro atoms. The number of hydrogen-bond donors (Lipinski definition) is 1. The van der Waals surface area contributed by atoms with E-state index in [9.17, 15) is 9.59 Å². The van der Waals surface area contributed by atoms with Crippen molar-refractivity contribution in [2.24, 2.45) is 5.10 Å². The molecule has 0 saturated carbocycles. The largest absolute Gasteiger partial charge is 0.493 e. The number of methoxy groups -OCH3 is 2. The lowest BCUT2D eigenvalue weighted by molar-refractivity contribution is 0.0712. The summed E-state index contributed by atoms with van der Waals surface area (Å²) in [5, 5.41) is 9.68. The molecule has 0 fully saturated rings. The van der Waals surface area contributed by atoms with Crippen LogP contribution >= 0.6 is 11.3 Å². The van der Waals surface area contributed by atoms with Crippen LogP contribution in [0.15, 0.2) is 47.6 Å². The second kappa shape index (κ2) is 10.8. The van der Waals surface area contributed by atoms with Gasteiger partial charge in [0, 0.05) is 11.3 Å². The van der Waals surface area contributed by atoms with Crippen molar-refractivity contribution in [2.75, 3.05) is 19.5 Å². The predicted octanol–water partition coefficient (Wildman–Crippen LogP) is 5.16. The molecular formula is C26H28N4O5S. The van der Waals surface area contributed by atoms with Gasteiger partial charge >= 0.3 is 6.09 Å². The quantitative estimate of drug-likeness (QED) is 0.451. The first-order valence-electron chi connectivity index (χ1n) is 11.5. The maximum atomic E-state index is 12.7. The van der Waals surface area contributed by atoms with Crippen LogP contribution < -0.4 is 14.8 Å². The number of nitrogens with one attached hydrogen (secondary N) is 1. The number of hydrazone groups is 1. The molecular weight excluding hydrogens is 480 g/mol. The summed E-state index contributed by atoms with van der Waals surface area (Å²) in [7, 11) is 3.14. The van der Waals surface area contributed by atoms with Crippen LogP contribution in [0, 0.1) is 13.8 Å². The van der Waals surface area contributed by atoms with E-state index in [1.165, 1.54) is 16.3 Å². The first-order chi connectivity index (χ1) is 17.3. The molecule has 9 nitrogen and oxygen atoms in total. The van der Waals surface area contributed by atoms with Gasteiger partial charge in [-0.15, -0.1) is 11.3 Å². The minimum atomic E-state index is -0.531. The fourth-order valence-electron chi connectivity index (χ4n) is 3.94. The second-order valence-electron chi connectivity index (χ2n) is 8.20. The summed E-state index contributed by atoms with van der Waals surface area (Å²) >= 11 is 1.35. The molecule has 36 heavy (non-hydrogen) atoms. The molecule has 2 aromatic carbocycles. The van der Waals surface area contributed by atoms with E-state index in [-0.39, 0.29) is 12.5 Å². The van der Waals surface area contributed by atoms with Crippen molar-refractivity contribution in [1.29, 1.82) is 0 Å². The molecule has 1 aromatic heterocycles. The van der Waals surface area contributed by atoms with Crippen molar-refractivity contribution >= 4 is 34.7 Å². The minimum absolute atomic E-state index is 0.175. The predicted molar refractivity (Wildman–Crippen MR) is 138 cm³/mol. The summed E-state index contributed by atoms with van der Waals surface area (Å²) in [4.78, 5) is 30.3. The molecule has 1 atom stereocenters. The summed E-state index contributed by atoms with van der Waals surface area (Å²) < 4.78 is 16.5. The van der Waals surface area contributed by atoms with E-state index in [4.69, 9.17) is 14.2 Å². The smallest absolute Gasteiger partial charge is 0.431 e. The highest BCUT2D eigenvalue weighted by atomic mass is 32.1. The van der Waals surface area contributed by atoms with Crippen LogP contribution in [-0.2, 0) is 11.3 Å². The van der Waals surface area contributed by atoms with E-state index in [0.717, 1.165) is 16.1 Å². The van der Waals surface area contributed by atoms with E-state index in [2.05, 4.69) is 15.4 Å². The molecule has 188 valence electrons. The van der Waals surface area contributed by atoms with Crippen molar-refractivity contribution in [3.63, 3.8) is 0 Å². The zero-order chi connectivity index (χ0) is 25.8. The first kappa shape index (κ1) is 25.2. The number of amides is 2. The molecule has 1 N–H and O–H groups in total. The standard InChI is InChI=1S/C26H28N4O5S/c1-6-20-23(18-10-11-21(33-4)22(13-18)34-5)29-30(26(32)35-20)14-17-8-7-9-19(12-17)28-25(31)24-15(2)27-16(3)36-24/h7-13,20H,6,14H2,1-5H3,(H,28,31). The van der Waals surface area contributed by atoms with Crippen molar-refractivity contribution in [1.82, 2.24) is 9.99 Å². The average molecular weight is 509 g/mol. The lowest BCUT2D eigenvalue weighted by Crippen LogP contribution is -2.41. The minimum Gasteiger partial charge on any atom is -0.493 e. The Labute approximate surface area is 213 Å². The third-order valence-corrected chi connectivity index (χ3v) is 6.74. The second-order valence-corrected chi connectivity index (χ2v) is 9.40. The van der Waals surface area contributed by atoms with Crippen LogP contribution in [0.3, 0.4) is 0 Å². The van der Waals surface area contributed by atoms with Gasteiger partial charge in [0.2, 0.25) is 0 Å². The first-order valence-corrected chi connectivity index (χ1v) is 12.3. The van der Waals surface area contributed by atoms with Gasteiger partial charge in [0.25, 0.3) is 5.91 Å². The molecule has 0 aliphatic carbocycles. The molecule has 1 aliphatic rings. The molecule has 3 aromatic rings. The monoisotopic (exact) mass is 508 g/mol. The molecule has 1 aliphatic heterocycles. The van der Waals surface area contributed by atoms with Crippen LogP contribution in [0.4, 0.5) is 10.5 Å². The van der Waals surface area contributed by atoms with Gasteiger partial charge in [-0.1, -0.05) is 19.1 Å². The number of anilines is 1. The fraction of sp³-hybridized carbons (Fsp3) is 0.308. The normalized spacial score (nSPS) is 15.2. The number of hydrogen-bond acceptors (Lipinski definition) is 8. The lowest BCUT2D eigenvalue weighted by Gasteiger charge is -2.29. The average Bonchev–Trinajstić information content (AvgIpc) is 3.22. The van der Waals surface area contributed by atoms with E-state index in [1.807, 2.05) is 51.1 Å². The zero-order valence-electron chi connectivity index (χ0n) is 20.8. The number of carbonyl (C=O) groups excluding carboxylic acids is 2. The third-order valence-electron chi connectivity index (χ3n) is 5.66. The highest BCUT2D eigenvalue weighted by Gasteiger charge is 2.31. The molecule has 2 heterocycles. The van der Waals surface area contributed by atoms with Gasteiger partial charge in [0.1, 0.15) is 16.7 Å². The van der Waals surface area contributed by atoms with Crippen molar-refractivity contribution in [2.45, 2.75) is 39.8 Å². The molecule has 0 radical (unpaired) electrons. The van der Waals surface area contributed by atoms with E-state index >= 15 is 0 Å². The number of ether oxygens (including phenoxy) is 3. The Morgan fingerprint density at radius 2 is 1.92 bits per heavy atom. The van der Waals surface area contributed by atoms with Crippen molar-refractivity contribution in [3.05, 3.63) is 69.2 Å². The SMILES string of the molecule is CCC1OC(=O)N(Cc2cccc(NC(=O)c3sc(C)nc3C)c2)N=C1c1ccc(OC)c(OC)c1. The van der Waals surface area contributed by atoms with E-state index < -0.39 is 12.2 Å². The Balaban J connectivity index is 1.57. The van der Waals surface area contributed by atoms with Gasteiger partial charge in [0.05, 0.1) is 31.5 Å². The maximum absolute atomic E-state index is 12.7. The highest BCUT2D eigenvalue weighted by Crippen LogP contribution is 2.30. The fourth-order valence-corrected chi connectivity index (χ4v) is 4.75. The maximum Gasteiger partial charge on any atom is 0.431 e. The Kier molecular flexibility index (Phi) is 7.54. The number of rotatable bonds is 8. The van der Waals surface area contributed by atoms with Crippen LogP contribution in [0.5, 0.6) is 11.5 Å². The van der Waals surface area contributed by atoms with Crippen LogP contribution in [-0.4, -0.2) is 48.0 Å². The lowest BCUT2D eigenvalue weighted by atomic mass is 10.0. The molecule has 10 heteroatoms. The summed E-state index contributed by atoms with van der Waals surface area (Å²) in [5.74, 6) is 0.945. The summed E-state index contributed by atoms with van der Waals surface area (Å²) in [6, 6.07) is 12.8. The Hall–Kier alpha value is -3.92. The number of thiazole rings is 1. The Morgan fingerprint density at radius 1 is 1.14 bits per heavy atom. The van der Waals surface area contributed by atoms with Gasteiger partial charge in [-0.2, -0.15) is 10.1 Å². The van der Waals surface area contributed by atoms with Gasteiger partial charge in [-0.25, -0.2) is 9.78 Å². The van der Waals surface area contributed by atoms with Gasteiger partial charge < -0.3 is 19.5 Å². The summed E-state index contributed by atoms with van der Waals surface area (Å²) in [6.07, 6.45) is -0.440. The summed E-state index contributed by atoms with van der Waals surface area (Å²) in [6.45, 7) is 5.79. The van der Waals surface area contributed by atoms with E-state index in [1.54, 1.807) is 26.4 Å². The molecule has 4 rings (SSSR count). The zero-order valence-corrected chi connectivity index (χ0v) is 21.6. The van der Waals surface area contributed by atoms with Crippen molar-refractivity contribution in [3.8, 4) is 11.5 Å². The molecule has 2 amide bonds. The molecule has 0 bridgehead atoms. The number of carbonyl (C=O) groups is 2. The van der Waals surface area contributed by atoms with E-state index in [0.29, 0.717) is 39.9 Å². The number of aryl methyl sites for hydroxylation is 2. The van der Waals surface area contributed by atoms with Crippen molar-refractivity contribution < 1.29 is 23.8 Å². The molecule has 0 saturated heterocycles. The van der Waals surface area contributed by atoms with Crippen LogP contribution in [0.2, 0.25) is 0 Å². The Morgan fingerprint density at radius 3 is 2.58 bits per heavy atom. The van der Waals surface area contributed by atoms with Gasteiger partial charge in [-0.3, -0.25) is 4.79 Å². The highest BCUT2D eigenvalue weighted by molar-refractivity contribution is 7.13. The van der Waals surface area contributed by atoms with Gasteiger partial charge in [0.15, 0.2) is 11.5 Å². The summed E-state index contributed by atoms with van der Waals surface area (Å²) in [5.41, 5.74) is 3.49. The number of cyclic esters (lactones) is 1. The number of benzene rings is 2. The topological polar surface area (TPSA) is 102 Å².